The van der Waals surface area contributed by atoms with Crippen molar-refractivity contribution in [2.75, 3.05) is 23.9 Å². The highest BCUT2D eigenvalue weighted by atomic mass is 79.9. The molecule has 3 rings (SSSR count). The Morgan fingerprint density at radius 1 is 1.33 bits per heavy atom. The second-order valence-electron chi connectivity index (χ2n) is 5.54. The van der Waals surface area contributed by atoms with E-state index < -0.39 is 0 Å². The van der Waals surface area contributed by atoms with Crippen molar-refractivity contribution in [3.8, 4) is 5.75 Å². The van der Waals surface area contributed by atoms with Crippen LogP contribution in [0.4, 0.5) is 5.82 Å². The number of ether oxygens (including phenoxy) is 1. The summed E-state index contributed by atoms with van der Waals surface area (Å²) in [5.74, 6) is 2.00. The number of pyridine rings is 1. The smallest absolute Gasteiger partial charge is 0.136 e. The number of alkyl halides is 1. The van der Waals surface area contributed by atoms with Gasteiger partial charge in [0.2, 0.25) is 0 Å². The van der Waals surface area contributed by atoms with Gasteiger partial charge in [-0.3, -0.25) is 0 Å². The number of benzene rings is 1. The van der Waals surface area contributed by atoms with Crippen LogP contribution < -0.4 is 9.64 Å². The number of aromatic nitrogens is 1. The fraction of sp³-hybridized carbons (Fsp3) is 0.471. The van der Waals surface area contributed by atoms with Crippen LogP contribution in [0.3, 0.4) is 0 Å². The third-order valence-electron chi connectivity index (χ3n) is 4.27. The fourth-order valence-electron chi connectivity index (χ4n) is 2.88. The zero-order valence-corrected chi connectivity index (χ0v) is 14.0. The Morgan fingerprint density at radius 3 is 2.86 bits per heavy atom. The molecule has 0 radical (unpaired) electrons. The molecule has 0 atom stereocenters. The molecular weight excluding hydrogens is 328 g/mol. The molecule has 4 heteroatoms. The van der Waals surface area contributed by atoms with Crippen molar-refractivity contribution in [1.29, 1.82) is 0 Å². The quantitative estimate of drug-likeness (QED) is 0.724. The Kier molecular flexibility index (Phi) is 4.63. The van der Waals surface area contributed by atoms with Crippen LogP contribution in [0, 0.1) is 0 Å². The van der Waals surface area contributed by atoms with Gasteiger partial charge in [-0.05, 0) is 49.3 Å². The second-order valence-corrected chi connectivity index (χ2v) is 6.34. The minimum atomic E-state index is 0.647. The van der Waals surface area contributed by atoms with Gasteiger partial charge in [0.15, 0.2) is 0 Å². The monoisotopic (exact) mass is 348 g/mol. The van der Waals surface area contributed by atoms with E-state index in [0.717, 1.165) is 29.9 Å². The van der Waals surface area contributed by atoms with Crippen LogP contribution in [0.5, 0.6) is 5.75 Å². The lowest BCUT2D eigenvalue weighted by Crippen LogP contribution is -2.41. The molecule has 112 valence electrons. The first-order valence-corrected chi connectivity index (χ1v) is 8.71. The first-order valence-electron chi connectivity index (χ1n) is 7.59. The van der Waals surface area contributed by atoms with Gasteiger partial charge in [-0.1, -0.05) is 22.0 Å². The van der Waals surface area contributed by atoms with E-state index in [1.807, 2.05) is 12.3 Å². The maximum Gasteiger partial charge on any atom is 0.136 e. The van der Waals surface area contributed by atoms with E-state index in [9.17, 15) is 0 Å². The summed E-state index contributed by atoms with van der Waals surface area (Å²) in [6, 6.07) is 8.95. The van der Waals surface area contributed by atoms with E-state index in [4.69, 9.17) is 9.72 Å². The Labute approximate surface area is 134 Å². The van der Waals surface area contributed by atoms with Gasteiger partial charge in [-0.15, -0.1) is 0 Å². The van der Waals surface area contributed by atoms with Crippen molar-refractivity contribution in [3.63, 3.8) is 0 Å². The summed E-state index contributed by atoms with van der Waals surface area (Å²) in [5.41, 5.74) is 0. The predicted molar refractivity (Wildman–Crippen MR) is 91.7 cm³/mol. The summed E-state index contributed by atoms with van der Waals surface area (Å²) in [7, 11) is 1.71. The number of nitrogens with zero attached hydrogens (tertiary/aromatic N) is 2. The molecule has 0 amide bonds. The molecule has 1 saturated carbocycles. The van der Waals surface area contributed by atoms with Gasteiger partial charge in [0.25, 0.3) is 0 Å². The molecule has 1 fully saturated rings. The Morgan fingerprint density at radius 2 is 2.19 bits per heavy atom. The van der Waals surface area contributed by atoms with Crippen LogP contribution in [-0.2, 0) is 0 Å². The van der Waals surface area contributed by atoms with Gasteiger partial charge in [0.05, 0.1) is 7.11 Å². The molecular formula is C17H21BrN2O. The highest BCUT2D eigenvalue weighted by molar-refractivity contribution is 9.09. The average molecular weight is 349 g/mol. The van der Waals surface area contributed by atoms with Crippen LogP contribution >= 0.6 is 15.9 Å². The van der Waals surface area contributed by atoms with Gasteiger partial charge < -0.3 is 9.64 Å². The molecule has 2 aromatic rings. The highest BCUT2D eigenvalue weighted by Gasteiger charge is 2.26. The molecule has 0 aliphatic heterocycles. The number of fused-ring (bicyclic) bond motifs is 1. The first-order chi connectivity index (χ1) is 10.3. The number of halogens is 1. The fourth-order valence-corrected chi connectivity index (χ4v) is 3.13. The minimum absolute atomic E-state index is 0.647. The second kappa shape index (κ2) is 6.65. The molecule has 0 saturated heterocycles. The lowest BCUT2D eigenvalue weighted by molar-refractivity contribution is 0.385. The topological polar surface area (TPSA) is 25.4 Å². The van der Waals surface area contributed by atoms with Crippen molar-refractivity contribution in [2.45, 2.75) is 31.7 Å². The van der Waals surface area contributed by atoms with Gasteiger partial charge in [-0.25, -0.2) is 4.98 Å². The third kappa shape index (κ3) is 3.00. The molecule has 1 aliphatic rings. The maximum atomic E-state index is 5.39. The zero-order valence-electron chi connectivity index (χ0n) is 12.4. The summed E-state index contributed by atoms with van der Waals surface area (Å²) < 4.78 is 5.39. The molecule has 3 nitrogen and oxygen atoms in total. The molecule has 1 aromatic carbocycles. The first kappa shape index (κ1) is 14.6. The third-order valence-corrected chi connectivity index (χ3v) is 4.83. The van der Waals surface area contributed by atoms with Crippen molar-refractivity contribution in [2.24, 2.45) is 0 Å². The number of rotatable bonds is 6. The van der Waals surface area contributed by atoms with E-state index >= 15 is 0 Å². The van der Waals surface area contributed by atoms with E-state index in [2.05, 4.69) is 39.0 Å². The van der Waals surface area contributed by atoms with Crippen molar-refractivity contribution in [1.82, 2.24) is 4.98 Å². The van der Waals surface area contributed by atoms with Crippen LogP contribution in [0.15, 0.2) is 30.5 Å². The van der Waals surface area contributed by atoms with Crippen molar-refractivity contribution < 1.29 is 4.74 Å². The summed E-state index contributed by atoms with van der Waals surface area (Å²) in [5, 5.41) is 3.45. The summed E-state index contributed by atoms with van der Waals surface area (Å²) in [6.07, 6.45) is 6.96. The molecule has 1 aliphatic carbocycles. The van der Waals surface area contributed by atoms with Crippen molar-refractivity contribution >= 4 is 32.5 Å². The Bertz CT molecular complexity index is 613. The normalized spacial score (nSPS) is 15.0. The highest BCUT2D eigenvalue weighted by Crippen LogP contribution is 2.34. The largest absolute Gasteiger partial charge is 0.497 e. The molecule has 21 heavy (non-hydrogen) atoms. The standard InChI is InChI=1S/C17H21BrN2O/c1-21-15-7-6-13-8-10-19-17(16(13)12-15)20(11-3-9-18)14-4-2-5-14/h6-8,10,12,14H,2-5,9,11H2,1H3. The van der Waals surface area contributed by atoms with Crippen LogP contribution in [0.1, 0.15) is 25.7 Å². The lowest BCUT2D eigenvalue weighted by atomic mass is 9.91. The molecule has 0 N–H and O–H groups in total. The number of hydrogen-bond donors (Lipinski definition) is 0. The molecule has 0 spiro atoms. The molecule has 1 heterocycles. The van der Waals surface area contributed by atoms with Crippen LogP contribution in [0.25, 0.3) is 10.8 Å². The SMILES string of the molecule is COc1ccc2ccnc(N(CCCBr)C3CCC3)c2c1. The predicted octanol–water partition coefficient (Wildman–Crippen LogP) is 4.39. The van der Waals surface area contributed by atoms with Crippen molar-refractivity contribution in [3.05, 3.63) is 30.5 Å². The number of anilines is 1. The summed E-state index contributed by atoms with van der Waals surface area (Å²) in [6.45, 7) is 1.05. The van der Waals surface area contributed by atoms with E-state index in [-0.39, 0.29) is 0 Å². The average Bonchev–Trinajstić information content (AvgIpc) is 2.48. The maximum absolute atomic E-state index is 5.39. The molecule has 0 unspecified atom stereocenters. The van der Waals surface area contributed by atoms with Gasteiger partial charge in [-0.2, -0.15) is 0 Å². The zero-order chi connectivity index (χ0) is 14.7. The molecule has 1 aromatic heterocycles. The van der Waals surface area contributed by atoms with Gasteiger partial charge >= 0.3 is 0 Å². The Balaban J connectivity index is 2.02. The van der Waals surface area contributed by atoms with Crippen LogP contribution in [-0.4, -0.2) is 30.0 Å². The van der Waals surface area contributed by atoms with E-state index in [1.165, 1.54) is 30.0 Å². The lowest BCUT2D eigenvalue weighted by Gasteiger charge is -2.39. The number of methoxy groups -OCH3 is 1. The van der Waals surface area contributed by atoms with Crippen LogP contribution in [0.2, 0.25) is 0 Å². The van der Waals surface area contributed by atoms with E-state index in [1.54, 1.807) is 7.11 Å². The van der Waals surface area contributed by atoms with E-state index in [0.29, 0.717) is 6.04 Å². The Hall–Kier alpha value is -1.29. The minimum Gasteiger partial charge on any atom is -0.497 e. The number of hydrogen-bond acceptors (Lipinski definition) is 3. The van der Waals surface area contributed by atoms with Gasteiger partial charge in [0.1, 0.15) is 11.6 Å². The summed E-state index contributed by atoms with van der Waals surface area (Å²) >= 11 is 3.54. The molecule has 0 bridgehead atoms. The van der Waals surface area contributed by atoms with Gasteiger partial charge in [0, 0.05) is 29.5 Å². The summed E-state index contributed by atoms with van der Waals surface area (Å²) in [4.78, 5) is 7.19.